The highest BCUT2D eigenvalue weighted by Crippen LogP contribution is 2.20. The molecule has 0 aliphatic rings. The highest BCUT2D eigenvalue weighted by Gasteiger charge is 2.28. The fourth-order valence-electron chi connectivity index (χ4n) is 1.93. The summed E-state index contributed by atoms with van der Waals surface area (Å²) in [4.78, 5) is 11.9. The summed E-state index contributed by atoms with van der Waals surface area (Å²) in [7, 11) is 0. The lowest BCUT2D eigenvalue weighted by Gasteiger charge is -2.10. The zero-order valence-electron chi connectivity index (χ0n) is 12.6. The molecule has 0 aromatic heterocycles. The van der Waals surface area contributed by atoms with Gasteiger partial charge in [-0.15, -0.1) is 0 Å². The molecule has 0 atom stereocenters. The first-order valence-electron chi connectivity index (χ1n) is 7.16. The molecule has 2 aromatic carbocycles. The molecule has 3 nitrogen and oxygen atoms in total. The average Bonchev–Trinajstić information content (AvgIpc) is 2.53. The van der Waals surface area contributed by atoms with Crippen molar-refractivity contribution in [2.24, 2.45) is 0 Å². The largest absolute Gasteiger partial charge is 0.484 e. The van der Waals surface area contributed by atoms with E-state index in [9.17, 15) is 18.0 Å². The second kappa shape index (κ2) is 8.06. The van der Waals surface area contributed by atoms with Crippen LogP contribution in [0.4, 0.5) is 18.9 Å². The van der Waals surface area contributed by atoms with Crippen LogP contribution in [0, 0.1) is 0 Å². The van der Waals surface area contributed by atoms with Crippen molar-refractivity contribution in [3.8, 4) is 5.75 Å². The number of anilines is 1. The van der Waals surface area contributed by atoms with Gasteiger partial charge in [-0.2, -0.15) is 13.2 Å². The Bertz CT molecular complexity index is 670. The number of hydrogen-bond acceptors (Lipinski definition) is 2. The van der Waals surface area contributed by atoms with E-state index >= 15 is 0 Å². The van der Waals surface area contributed by atoms with E-state index in [1.54, 1.807) is 12.1 Å². The molecule has 0 unspecified atom stereocenters. The van der Waals surface area contributed by atoms with Gasteiger partial charge in [0.15, 0.2) is 6.61 Å². The van der Waals surface area contributed by atoms with Crippen molar-refractivity contribution >= 4 is 23.2 Å². The number of benzene rings is 2. The van der Waals surface area contributed by atoms with Crippen LogP contribution in [0.25, 0.3) is 0 Å². The van der Waals surface area contributed by atoms with Crippen LogP contribution < -0.4 is 10.1 Å². The van der Waals surface area contributed by atoms with Crippen LogP contribution in [0.2, 0.25) is 5.02 Å². The van der Waals surface area contributed by atoms with Crippen LogP contribution in [0.1, 0.15) is 12.0 Å². The smallest absolute Gasteiger partial charge is 0.422 e. The first-order valence-corrected chi connectivity index (χ1v) is 7.53. The van der Waals surface area contributed by atoms with Crippen molar-refractivity contribution < 1.29 is 22.7 Å². The molecular formula is C17H15ClF3NO2. The summed E-state index contributed by atoms with van der Waals surface area (Å²) >= 11 is 5.79. The number of aryl methyl sites for hydroxylation is 1. The van der Waals surface area contributed by atoms with E-state index in [4.69, 9.17) is 11.6 Å². The van der Waals surface area contributed by atoms with Crippen LogP contribution in [-0.2, 0) is 11.2 Å². The van der Waals surface area contributed by atoms with Gasteiger partial charge in [0.2, 0.25) is 5.91 Å². The zero-order valence-corrected chi connectivity index (χ0v) is 13.3. The quantitative estimate of drug-likeness (QED) is 0.802. The van der Waals surface area contributed by atoms with E-state index in [-0.39, 0.29) is 18.1 Å². The van der Waals surface area contributed by atoms with Crippen molar-refractivity contribution in [2.45, 2.75) is 19.0 Å². The van der Waals surface area contributed by atoms with Gasteiger partial charge in [-0.3, -0.25) is 4.79 Å². The summed E-state index contributed by atoms with van der Waals surface area (Å²) in [6.45, 7) is -1.35. The number of amides is 1. The van der Waals surface area contributed by atoms with E-state index in [1.807, 2.05) is 12.1 Å². The molecule has 7 heteroatoms. The number of ether oxygens (including phenoxy) is 1. The van der Waals surface area contributed by atoms with Crippen molar-refractivity contribution in [2.75, 3.05) is 11.9 Å². The van der Waals surface area contributed by atoms with Gasteiger partial charge in [-0.05, 0) is 48.4 Å². The lowest BCUT2D eigenvalue weighted by molar-refractivity contribution is -0.153. The second-order valence-electron chi connectivity index (χ2n) is 5.10. The number of halogens is 4. The molecule has 0 saturated heterocycles. The van der Waals surface area contributed by atoms with Crippen LogP contribution in [0.15, 0.2) is 48.5 Å². The number of carbonyl (C=O) groups excluding carboxylic acids is 1. The molecule has 0 fully saturated rings. The molecule has 0 aliphatic carbocycles. The minimum absolute atomic E-state index is 0.0893. The Morgan fingerprint density at radius 3 is 2.25 bits per heavy atom. The Morgan fingerprint density at radius 1 is 1.04 bits per heavy atom. The normalized spacial score (nSPS) is 11.2. The number of nitrogens with one attached hydrogen (secondary N) is 1. The van der Waals surface area contributed by atoms with E-state index in [0.717, 1.165) is 5.56 Å². The van der Waals surface area contributed by atoms with Gasteiger partial charge >= 0.3 is 6.18 Å². The first-order chi connectivity index (χ1) is 11.3. The van der Waals surface area contributed by atoms with Gasteiger partial charge in [-0.25, -0.2) is 0 Å². The maximum absolute atomic E-state index is 12.1. The lowest BCUT2D eigenvalue weighted by atomic mass is 10.1. The van der Waals surface area contributed by atoms with Gasteiger partial charge in [0.1, 0.15) is 5.75 Å². The Labute approximate surface area is 142 Å². The second-order valence-corrected chi connectivity index (χ2v) is 5.54. The van der Waals surface area contributed by atoms with Crippen molar-refractivity contribution in [3.63, 3.8) is 0 Å². The van der Waals surface area contributed by atoms with Gasteiger partial charge in [0, 0.05) is 17.1 Å². The molecule has 0 heterocycles. The SMILES string of the molecule is O=C(CCc1ccc(Cl)cc1)Nc1ccc(OCC(F)(F)F)cc1. The highest BCUT2D eigenvalue weighted by molar-refractivity contribution is 6.30. The highest BCUT2D eigenvalue weighted by atomic mass is 35.5. The molecule has 0 saturated carbocycles. The molecule has 2 rings (SSSR count). The minimum Gasteiger partial charge on any atom is -0.484 e. The Hall–Kier alpha value is -2.21. The Balaban J connectivity index is 1.80. The third-order valence-electron chi connectivity index (χ3n) is 3.09. The fourth-order valence-corrected chi connectivity index (χ4v) is 2.06. The van der Waals surface area contributed by atoms with Gasteiger partial charge in [0.25, 0.3) is 0 Å². The predicted octanol–water partition coefficient (Wildman–Crippen LogP) is 4.85. The molecule has 1 amide bonds. The molecule has 0 aliphatic heterocycles. The Morgan fingerprint density at radius 2 is 1.67 bits per heavy atom. The summed E-state index contributed by atoms with van der Waals surface area (Å²) in [6, 6.07) is 13.0. The molecule has 24 heavy (non-hydrogen) atoms. The average molecular weight is 358 g/mol. The van der Waals surface area contributed by atoms with E-state index < -0.39 is 12.8 Å². The summed E-state index contributed by atoms with van der Waals surface area (Å²) in [5, 5.41) is 3.32. The van der Waals surface area contributed by atoms with Crippen molar-refractivity contribution in [3.05, 3.63) is 59.1 Å². The van der Waals surface area contributed by atoms with Crippen molar-refractivity contribution in [1.29, 1.82) is 0 Å². The van der Waals surface area contributed by atoms with Crippen LogP contribution in [-0.4, -0.2) is 18.7 Å². The fraction of sp³-hybridized carbons (Fsp3) is 0.235. The molecule has 0 spiro atoms. The predicted molar refractivity (Wildman–Crippen MR) is 86.4 cm³/mol. The van der Waals surface area contributed by atoms with Crippen LogP contribution in [0.3, 0.4) is 0 Å². The lowest BCUT2D eigenvalue weighted by Crippen LogP contribution is -2.19. The van der Waals surface area contributed by atoms with Crippen molar-refractivity contribution in [1.82, 2.24) is 0 Å². The number of alkyl halides is 3. The molecular weight excluding hydrogens is 343 g/mol. The number of rotatable bonds is 6. The third-order valence-corrected chi connectivity index (χ3v) is 3.35. The Kier molecular flexibility index (Phi) is 6.09. The third kappa shape index (κ3) is 6.50. The zero-order chi connectivity index (χ0) is 17.6. The number of carbonyl (C=O) groups is 1. The van der Waals surface area contributed by atoms with E-state index in [1.165, 1.54) is 24.3 Å². The molecule has 2 aromatic rings. The number of hydrogen-bond donors (Lipinski definition) is 1. The summed E-state index contributed by atoms with van der Waals surface area (Å²) < 4.78 is 40.7. The topological polar surface area (TPSA) is 38.3 Å². The van der Waals surface area contributed by atoms with E-state index in [0.29, 0.717) is 17.1 Å². The summed E-state index contributed by atoms with van der Waals surface area (Å²) in [5.74, 6) is -0.0969. The standard InChI is InChI=1S/C17H15ClF3NO2/c18-13-4-1-12(2-5-13)3-10-16(23)22-14-6-8-15(9-7-14)24-11-17(19,20)21/h1-2,4-9H,3,10-11H2,(H,22,23). The summed E-state index contributed by atoms with van der Waals surface area (Å²) in [5.41, 5.74) is 1.49. The minimum atomic E-state index is -4.38. The van der Waals surface area contributed by atoms with Gasteiger partial charge < -0.3 is 10.1 Å². The molecule has 1 N–H and O–H groups in total. The van der Waals surface area contributed by atoms with Crippen LogP contribution >= 0.6 is 11.6 Å². The summed E-state index contributed by atoms with van der Waals surface area (Å²) in [6.07, 6.45) is -3.53. The van der Waals surface area contributed by atoms with Gasteiger partial charge in [0.05, 0.1) is 0 Å². The molecule has 0 bridgehead atoms. The maximum atomic E-state index is 12.1. The molecule has 128 valence electrons. The maximum Gasteiger partial charge on any atom is 0.422 e. The van der Waals surface area contributed by atoms with Gasteiger partial charge in [-0.1, -0.05) is 23.7 Å². The first kappa shape index (κ1) is 18.1. The van der Waals surface area contributed by atoms with Crippen LogP contribution in [0.5, 0.6) is 5.75 Å². The molecule has 0 radical (unpaired) electrons. The monoisotopic (exact) mass is 357 g/mol. The van der Waals surface area contributed by atoms with E-state index in [2.05, 4.69) is 10.1 Å².